The molecule has 1 amide bonds. The van der Waals surface area contributed by atoms with Gasteiger partial charge in [0.05, 0.1) is 23.7 Å². The SMILES string of the molecule is CC(C)COc1ccc(C(=O)OCC(=O)N(C2CCCCC2)C2CCS(=O)(=O)C2)cc1. The van der Waals surface area contributed by atoms with Crippen molar-refractivity contribution in [3.63, 3.8) is 0 Å². The van der Waals surface area contributed by atoms with Gasteiger partial charge in [0, 0.05) is 12.1 Å². The zero-order valence-electron chi connectivity index (χ0n) is 18.4. The first-order chi connectivity index (χ1) is 14.7. The minimum absolute atomic E-state index is 0.00102. The summed E-state index contributed by atoms with van der Waals surface area (Å²) in [7, 11) is -3.11. The highest BCUT2D eigenvalue weighted by Gasteiger charge is 2.38. The van der Waals surface area contributed by atoms with Crippen molar-refractivity contribution < 1.29 is 27.5 Å². The third-order valence-electron chi connectivity index (χ3n) is 5.86. The number of amides is 1. The molecular weight excluding hydrogens is 418 g/mol. The van der Waals surface area contributed by atoms with Gasteiger partial charge >= 0.3 is 5.97 Å². The number of hydrogen-bond acceptors (Lipinski definition) is 6. The Bertz CT molecular complexity index is 859. The van der Waals surface area contributed by atoms with Crippen molar-refractivity contribution in [3.05, 3.63) is 29.8 Å². The first-order valence-corrected chi connectivity index (χ1v) is 13.0. The average molecular weight is 452 g/mol. The third-order valence-corrected chi connectivity index (χ3v) is 7.61. The molecule has 0 aromatic heterocycles. The lowest BCUT2D eigenvalue weighted by molar-refractivity contribution is -0.140. The minimum Gasteiger partial charge on any atom is -0.493 e. The van der Waals surface area contributed by atoms with E-state index in [1.165, 1.54) is 0 Å². The van der Waals surface area contributed by atoms with Crippen LogP contribution in [0.25, 0.3) is 0 Å². The largest absolute Gasteiger partial charge is 0.493 e. The topological polar surface area (TPSA) is 90.0 Å². The van der Waals surface area contributed by atoms with Crippen molar-refractivity contribution in [2.75, 3.05) is 24.7 Å². The number of benzene rings is 1. The molecule has 2 aliphatic rings. The summed E-state index contributed by atoms with van der Waals surface area (Å²) in [6.07, 6.45) is 5.38. The van der Waals surface area contributed by atoms with E-state index in [-0.39, 0.29) is 36.1 Å². The van der Waals surface area contributed by atoms with E-state index < -0.39 is 15.8 Å². The van der Waals surface area contributed by atoms with Crippen molar-refractivity contribution in [1.82, 2.24) is 4.90 Å². The van der Waals surface area contributed by atoms with Gasteiger partial charge in [-0.3, -0.25) is 4.79 Å². The van der Waals surface area contributed by atoms with Crippen LogP contribution in [0.15, 0.2) is 24.3 Å². The van der Waals surface area contributed by atoms with Crippen LogP contribution in [-0.4, -0.2) is 62.0 Å². The average Bonchev–Trinajstić information content (AvgIpc) is 3.11. The summed E-state index contributed by atoms with van der Waals surface area (Å²) >= 11 is 0. The molecule has 1 aliphatic carbocycles. The van der Waals surface area contributed by atoms with E-state index >= 15 is 0 Å². The molecule has 0 N–H and O–H groups in total. The fourth-order valence-electron chi connectivity index (χ4n) is 4.29. The number of esters is 1. The number of ether oxygens (including phenoxy) is 2. The van der Waals surface area contributed by atoms with Crippen LogP contribution in [0.5, 0.6) is 5.75 Å². The van der Waals surface area contributed by atoms with E-state index in [4.69, 9.17) is 9.47 Å². The molecule has 1 atom stereocenters. The molecule has 1 saturated carbocycles. The molecule has 1 heterocycles. The summed E-state index contributed by atoms with van der Waals surface area (Å²) in [5.74, 6) is 0.302. The second-order valence-corrected chi connectivity index (χ2v) is 11.2. The van der Waals surface area contributed by atoms with E-state index in [1.54, 1.807) is 29.2 Å². The molecule has 0 bridgehead atoms. The highest BCUT2D eigenvalue weighted by Crippen LogP contribution is 2.28. The van der Waals surface area contributed by atoms with Gasteiger partial charge < -0.3 is 14.4 Å². The summed E-state index contributed by atoms with van der Waals surface area (Å²) in [5.41, 5.74) is 0.345. The van der Waals surface area contributed by atoms with Crippen LogP contribution in [0.3, 0.4) is 0 Å². The quantitative estimate of drug-likeness (QED) is 0.564. The molecule has 7 nitrogen and oxygen atoms in total. The molecule has 3 rings (SSSR count). The Morgan fingerprint density at radius 3 is 2.29 bits per heavy atom. The molecule has 8 heteroatoms. The first kappa shape index (κ1) is 23.6. The predicted molar refractivity (Wildman–Crippen MR) is 118 cm³/mol. The van der Waals surface area contributed by atoms with Gasteiger partial charge in [-0.25, -0.2) is 13.2 Å². The molecule has 1 aromatic rings. The summed E-state index contributed by atoms with van der Waals surface area (Å²) in [5, 5.41) is 0. The van der Waals surface area contributed by atoms with Crippen LogP contribution in [0, 0.1) is 5.92 Å². The van der Waals surface area contributed by atoms with Crippen molar-refractivity contribution in [3.8, 4) is 5.75 Å². The minimum atomic E-state index is -3.11. The second-order valence-electron chi connectivity index (χ2n) is 8.96. The van der Waals surface area contributed by atoms with E-state index in [0.29, 0.717) is 30.3 Å². The van der Waals surface area contributed by atoms with Crippen LogP contribution in [0.4, 0.5) is 0 Å². The fraction of sp³-hybridized carbons (Fsp3) is 0.652. The molecule has 172 valence electrons. The maximum Gasteiger partial charge on any atom is 0.338 e. The van der Waals surface area contributed by atoms with Gasteiger partial charge in [-0.1, -0.05) is 33.1 Å². The van der Waals surface area contributed by atoms with E-state index in [0.717, 1.165) is 32.1 Å². The summed E-state index contributed by atoms with van der Waals surface area (Å²) in [6, 6.07) is 6.35. The highest BCUT2D eigenvalue weighted by molar-refractivity contribution is 7.91. The van der Waals surface area contributed by atoms with Gasteiger partial charge in [-0.05, 0) is 49.4 Å². The summed E-state index contributed by atoms with van der Waals surface area (Å²) < 4.78 is 34.9. The molecule has 2 fully saturated rings. The molecule has 1 saturated heterocycles. The molecular formula is C23H33NO6S. The van der Waals surface area contributed by atoms with Crippen molar-refractivity contribution in [2.24, 2.45) is 5.92 Å². The van der Waals surface area contributed by atoms with Crippen molar-refractivity contribution >= 4 is 21.7 Å². The normalized spacial score (nSPS) is 21.1. The van der Waals surface area contributed by atoms with Gasteiger partial charge in [0.15, 0.2) is 16.4 Å². The zero-order valence-corrected chi connectivity index (χ0v) is 19.2. The van der Waals surface area contributed by atoms with Crippen molar-refractivity contribution in [2.45, 2.75) is 64.5 Å². The Labute approximate surface area is 185 Å². The Morgan fingerprint density at radius 2 is 1.71 bits per heavy atom. The lowest BCUT2D eigenvalue weighted by atomic mass is 9.93. The van der Waals surface area contributed by atoms with E-state index in [2.05, 4.69) is 13.8 Å². The second kappa shape index (κ2) is 10.5. The fourth-order valence-corrected chi connectivity index (χ4v) is 6.01. The van der Waals surface area contributed by atoms with Gasteiger partial charge in [0.2, 0.25) is 0 Å². The number of carbonyl (C=O) groups excluding carboxylic acids is 2. The van der Waals surface area contributed by atoms with Crippen LogP contribution in [0.1, 0.15) is 62.7 Å². The van der Waals surface area contributed by atoms with Crippen LogP contribution >= 0.6 is 0 Å². The van der Waals surface area contributed by atoms with Crippen LogP contribution in [-0.2, 0) is 19.4 Å². The number of sulfone groups is 1. The molecule has 1 aliphatic heterocycles. The molecule has 1 aromatic carbocycles. The Morgan fingerprint density at radius 1 is 1.03 bits per heavy atom. The summed E-state index contributed by atoms with van der Waals surface area (Å²) in [6.45, 7) is 4.32. The molecule has 31 heavy (non-hydrogen) atoms. The monoisotopic (exact) mass is 451 g/mol. The Balaban J connectivity index is 1.60. The number of carbonyl (C=O) groups is 2. The Hall–Kier alpha value is -2.09. The molecule has 1 unspecified atom stereocenters. The molecule has 0 spiro atoms. The standard InChI is InChI=1S/C23H33NO6S/c1-17(2)14-29-21-10-8-18(9-11-21)23(26)30-15-22(25)24(19-6-4-3-5-7-19)20-12-13-31(27,28)16-20/h8-11,17,19-20H,3-7,12-16H2,1-2H3. The molecule has 0 radical (unpaired) electrons. The number of hydrogen-bond donors (Lipinski definition) is 0. The number of nitrogens with zero attached hydrogens (tertiary/aromatic N) is 1. The Kier molecular flexibility index (Phi) is 7.97. The summed E-state index contributed by atoms with van der Waals surface area (Å²) in [4.78, 5) is 27.1. The first-order valence-electron chi connectivity index (χ1n) is 11.2. The van der Waals surface area contributed by atoms with Gasteiger partial charge in [0.25, 0.3) is 5.91 Å². The van der Waals surface area contributed by atoms with Crippen molar-refractivity contribution in [1.29, 1.82) is 0 Å². The van der Waals surface area contributed by atoms with E-state index in [9.17, 15) is 18.0 Å². The highest BCUT2D eigenvalue weighted by atomic mass is 32.2. The van der Waals surface area contributed by atoms with Crippen LogP contribution < -0.4 is 4.74 Å². The van der Waals surface area contributed by atoms with Gasteiger partial charge in [-0.2, -0.15) is 0 Å². The lowest BCUT2D eigenvalue weighted by Crippen LogP contribution is -2.50. The maximum atomic E-state index is 13.0. The lowest BCUT2D eigenvalue weighted by Gasteiger charge is -2.38. The van der Waals surface area contributed by atoms with E-state index in [1.807, 2.05) is 0 Å². The third kappa shape index (κ3) is 6.69. The van der Waals surface area contributed by atoms with Gasteiger partial charge in [0.1, 0.15) is 5.75 Å². The number of rotatable bonds is 8. The predicted octanol–water partition coefficient (Wildman–Crippen LogP) is 3.23. The maximum absolute atomic E-state index is 13.0. The zero-order chi connectivity index (χ0) is 22.4. The van der Waals surface area contributed by atoms with Gasteiger partial charge in [-0.15, -0.1) is 0 Å². The smallest absolute Gasteiger partial charge is 0.338 e. The van der Waals surface area contributed by atoms with Crippen LogP contribution in [0.2, 0.25) is 0 Å².